The van der Waals surface area contributed by atoms with Crippen LogP contribution in [0.15, 0.2) is 30.3 Å². The average molecular weight is 246 g/mol. The van der Waals surface area contributed by atoms with Crippen molar-refractivity contribution in [1.82, 2.24) is 4.90 Å². The van der Waals surface area contributed by atoms with E-state index in [-0.39, 0.29) is 6.04 Å². The molecule has 1 aliphatic rings. The molecule has 0 saturated carbocycles. The highest BCUT2D eigenvalue weighted by molar-refractivity contribution is 5.18. The van der Waals surface area contributed by atoms with Crippen LogP contribution in [-0.4, -0.2) is 24.0 Å². The Hall–Kier alpha value is -0.860. The number of hydrogen-bond acceptors (Lipinski definition) is 2. The molecule has 2 rings (SSSR count). The van der Waals surface area contributed by atoms with Crippen LogP contribution in [0.25, 0.3) is 0 Å². The Labute approximate surface area is 111 Å². The molecule has 1 aromatic rings. The van der Waals surface area contributed by atoms with Crippen LogP contribution in [0.4, 0.5) is 0 Å². The smallest absolute Gasteiger partial charge is 0.0307 e. The quantitative estimate of drug-likeness (QED) is 0.883. The predicted octanol–water partition coefficient (Wildman–Crippen LogP) is 3.34. The Morgan fingerprint density at radius 3 is 2.78 bits per heavy atom. The van der Waals surface area contributed by atoms with Crippen LogP contribution in [0.5, 0.6) is 0 Å². The van der Waals surface area contributed by atoms with Gasteiger partial charge in [0.25, 0.3) is 0 Å². The van der Waals surface area contributed by atoms with E-state index in [2.05, 4.69) is 36.1 Å². The maximum atomic E-state index is 6.27. The van der Waals surface area contributed by atoms with Crippen molar-refractivity contribution in [2.45, 2.75) is 51.1 Å². The second kappa shape index (κ2) is 6.91. The maximum Gasteiger partial charge on any atom is 0.0307 e. The van der Waals surface area contributed by atoms with E-state index in [1.807, 2.05) is 6.07 Å². The lowest BCUT2D eigenvalue weighted by Gasteiger charge is -2.28. The summed E-state index contributed by atoms with van der Waals surface area (Å²) in [6.07, 6.45) is 6.55. The van der Waals surface area contributed by atoms with Crippen LogP contribution in [-0.2, 0) is 0 Å². The number of hydrogen-bond donors (Lipinski definition) is 1. The van der Waals surface area contributed by atoms with E-state index in [1.54, 1.807) is 0 Å². The van der Waals surface area contributed by atoms with Crippen molar-refractivity contribution in [1.29, 1.82) is 0 Å². The van der Waals surface area contributed by atoms with Crippen LogP contribution in [0, 0.1) is 0 Å². The molecule has 100 valence electrons. The lowest BCUT2D eigenvalue weighted by molar-refractivity contribution is 0.206. The first-order valence-electron chi connectivity index (χ1n) is 7.32. The van der Waals surface area contributed by atoms with E-state index in [4.69, 9.17) is 5.73 Å². The molecule has 2 heteroatoms. The molecule has 0 amide bonds. The van der Waals surface area contributed by atoms with Gasteiger partial charge in [0.05, 0.1) is 0 Å². The van der Waals surface area contributed by atoms with Crippen molar-refractivity contribution >= 4 is 0 Å². The largest absolute Gasteiger partial charge is 0.324 e. The highest BCUT2D eigenvalue weighted by Crippen LogP contribution is 2.19. The zero-order valence-electron chi connectivity index (χ0n) is 11.5. The van der Waals surface area contributed by atoms with Crippen molar-refractivity contribution in [3.63, 3.8) is 0 Å². The fraction of sp³-hybridized carbons (Fsp3) is 0.625. The van der Waals surface area contributed by atoms with Gasteiger partial charge in [0.15, 0.2) is 0 Å². The molecule has 0 bridgehead atoms. The molecule has 1 fully saturated rings. The van der Waals surface area contributed by atoms with E-state index in [0.717, 1.165) is 19.0 Å². The summed E-state index contributed by atoms with van der Waals surface area (Å²) in [5.74, 6) is 0. The highest BCUT2D eigenvalue weighted by Gasteiger charge is 2.17. The molecule has 0 aromatic heterocycles. The first-order chi connectivity index (χ1) is 8.77. The van der Waals surface area contributed by atoms with Crippen LogP contribution >= 0.6 is 0 Å². The third kappa shape index (κ3) is 3.82. The average Bonchev–Trinajstić information content (AvgIpc) is 2.62. The lowest BCUT2D eigenvalue weighted by Crippen LogP contribution is -2.34. The second-order valence-corrected chi connectivity index (χ2v) is 5.54. The van der Waals surface area contributed by atoms with Crippen molar-refractivity contribution in [3.8, 4) is 0 Å². The Morgan fingerprint density at radius 2 is 2.00 bits per heavy atom. The fourth-order valence-corrected chi connectivity index (χ4v) is 2.84. The van der Waals surface area contributed by atoms with Gasteiger partial charge in [0, 0.05) is 18.6 Å². The van der Waals surface area contributed by atoms with Crippen molar-refractivity contribution in [2.24, 2.45) is 5.73 Å². The minimum absolute atomic E-state index is 0.182. The number of likely N-dealkylation sites (tertiary alicyclic amines) is 1. The SMILES string of the molecule is CC1CCCCCN1CCC(N)c1ccccc1. The van der Waals surface area contributed by atoms with Crippen LogP contribution in [0.2, 0.25) is 0 Å². The predicted molar refractivity (Wildman–Crippen MR) is 77.5 cm³/mol. The first-order valence-corrected chi connectivity index (χ1v) is 7.32. The zero-order chi connectivity index (χ0) is 12.8. The zero-order valence-corrected chi connectivity index (χ0v) is 11.5. The second-order valence-electron chi connectivity index (χ2n) is 5.54. The van der Waals surface area contributed by atoms with Gasteiger partial charge < -0.3 is 10.6 Å². The Bertz CT molecular complexity index is 336. The molecule has 0 spiro atoms. The summed E-state index contributed by atoms with van der Waals surface area (Å²) in [5.41, 5.74) is 7.53. The molecule has 0 radical (unpaired) electrons. The standard InChI is InChI=1S/C16H26N2/c1-14-8-4-3-7-12-18(14)13-11-16(17)15-9-5-2-6-10-15/h2,5-6,9-10,14,16H,3-4,7-8,11-13,17H2,1H3. The Morgan fingerprint density at radius 1 is 1.22 bits per heavy atom. The highest BCUT2D eigenvalue weighted by atomic mass is 15.1. The van der Waals surface area contributed by atoms with E-state index in [9.17, 15) is 0 Å². The summed E-state index contributed by atoms with van der Waals surface area (Å²) >= 11 is 0. The lowest BCUT2D eigenvalue weighted by atomic mass is 10.0. The van der Waals surface area contributed by atoms with E-state index < -0.39 is 0 Å². The number of benzene rings is 1. The van der Waals surface area contributed by atoms with Crippen molar-refractivity contribution in [3.05, 3.63) is 35.9 Å². The van der Waals surface area contributed by atoms with Crippen molar-refractivity contribution in [2.75, 3.05) is 13.1 Å². The van der Waals surface area contributed by atoms with E-state index >= 15 is 0 Å². The summed E-state index contributed by atoms with van der Waals surface area (Å²) in [5, 5.41) is 0. The molecular formula is C16H26N2. The van der Waals surface area contributed by atoms with Gasteiger partial charge in [-0.15, -0.1) is 0 Å². The number of nitrogens with zero attached hydrogens (tertiary/aromatic N) is 1. The van der Waals surface area contributed by atoms with E-state index in [0.29, 0.717) is 0 Å². The molecule has 18 heavy (non-hydrogen) atoms. The van der Waals surface area contributed by atoms with Crippen LogP contribution < -0.4 is 5.73 Å². The van der Waals surface area contributed by atoms with Gasteiger partial charge in [0.2, 0.25) is 0 Å². The fourth-order valence-electron chi connectivity index (χ4n) is 2.84. The summed E-state index contributed by atoms with van der Waals surface area (Å²) < 4.78 is 0. The van der Waals surface area contributed by atoms with Gasteiger partial charge in [0.1, 0.15) is 0 Å². The number of rotatable bonds is 4. The van der Waals surface area contributed by atoms with Gasteiger partial charge in [-0.1, -0.05) is 43.2 Å². The van der Waals surface area contributed by atoms with Gasteiger partial charge in [-0.25, -0.2) is 0 Å². The third-order valence-corrected chi connectivity index (χ3v) is 4.15. The maximum absolute atomic E-state index is 6.27. The Balaban J connectivity index is 1.83. The summed E-state index contributed by atoms with van der Waals surface area (Å²) in [7, 11) is 0. The van der Waals surface area contributed by atoms with Gasteiger partial charge in [-0.05, 0) is 38.3 Å². The molecule has 1 aromatic carbocycles. The first kappa shape index (κ1) is 13.6. The van der Waals surface area contributed by atoms with E-state index in [1.165, 1.54) is 37.8 Å². The summed E-state index contributed by atoms with van der Waals surface area (Å²) in [6, 6.07) is 11.4. The molecule has 1 saturated heterocycles. The molecule has 2 N–H and O–H groups in total. The van der Waals surface area contributed by atoms with Crippen LogP contribution in [0.3, 0.4) is 0 Å². The Kier molecular flexibility index (Phi) is 5.21. The third-order valence-electron chi connectivity index (χ3n) is 4.15. The monoisotopic (exact) mass is 246 g/mol. The molecule has 1 heterocycles. The molecular weight excluding hydrogens is 220 g/mol. The molecule has 2 atom stereocenters. The molecule has 2 unspecified atom stereocenters. The van der Waals surface area contributed by atoms with Crippen molar-refractivity contribution < 1.29 is 0 Å². The summed E-state index contributed by atoms with van der Waals surface area (Å²) in [6.45, 7) is 4.75. The molecule has 1 aliphatic heterocycles. The number of nitrogens with two attached hydrogens (primary N) is 1. The minimum atomic E-state index is 0.182. The normalized spacial score (nSPS) is 23.6. The van der Waals surface area contributed by atoms with Gasteiger partial charge in [-0.2, -0.15) is 0 Å². The topological polar surface area (TPSA) is 29.3 Å². The van der Waals surface area contributed by atoms with Gasteiger partial charge in [-0.3, -0.25) is 0 Å². The van der Waals surface area contributed by atoms with Gasteiger partial charge >= 0.3 is 0 Å². The molecule has 2 nitrogen and oxygen atoms in total. The van der Waals surface area contributed by atoms with Crippen LogP contribution in [0.1, 0.15) is 50.6 Å². The minimum Gasteiger partial charge on any atom is -0.324 e. The summed E-state index contributed by atoms with van der Waals surface area (Å²) in [4.78, 5) is 2.62. The molecule has 0 aliphatic carbocycles.